The molecule has 4 saturated carbocycles. The van der Waals surface area contributed by atoms with Gasteiger partial charge in [0.1, 0.15) is 47.7 Å². The van der Waals surface area contributed by atoms with E-state index in [1.807, 2.05) is 274 Å². The fraction of sp³-hybridized carbons (Fsp3) is 0.331. The van der Waals surface area contributed by atoms with Gasteiger partial charge in [0.05, 0.1) is 26.4 Å². The summed E-state index contributed by atoms with van der Waals surface area (Å²) >= 11 is 0. The van der Waals surface area contributed by atoms with Gasteiger partial charge in [0.2, 0.25) is 17.7 Å². The standard InChI is InChI=1S/C34H40N2O5.C31H34N2O5.C30H32N2O5.C29H31NO4/c1-34(2,3)35-32(39)31(28-14-9-10-15-29(28)41-23-11-5-8-16-30(37)38)36(27-21-22-27)33(40)26-19-17-25(18-20-26)24-12-6-4-7-13-24;32-30(36)29(27-12-6-7-13-28(27)38-20-8-2-5-11-26(35)21-34)33(25-18-19-25)31(37)24-16-14-23(15-17-24)22-9-3-1-4-10-22;31-29(35)28(25-11-6-7-12-26(25)37-20-8-2-5-13-27(33)34)32(24-18-19-24)30(36)23-16-14-22(15-17-23)21-9-3-1-4-10-21;31-28(32)13-5-2-8-20-34-27-12-7-6-11-25(27)21-30(26-18-19-26)29(33)24-16-14-23(15-17-24)22-9-3-1-4-10-22/h4,6-7,9-10,12-15,17-20,27,31H,5,8,11,16,21-23H2,1-3H3,(H,35,39)(H,37,38);1,3-4,6-7,9-10,12-17,25,29,34H,2,5,8,11,18-21H2,(H2,32,36);1,3-4,6-7,9-12,14-17,24,28H,2,5,8,13,18-20H2,(H2,31,35)(H,33,34);1,3-4,6-7,9-12,14-17,26H,2,5,8,13,18-21H2,(H,31,32). The zero-order chi connectivity index (χ0) is 106. The number of primary amides is 2. The lowest BCUT2D eigenvalue weighted by Crippen LogP contribution is -2.50. The van der Waals surface area contributed by atoms with Crippen molar-refractivity contribution < 1.29 is 92.1 Å². The zero-order valence-electron chi connectivity index (χ0n) is 85.6. The third kappa shape index (κ3) is 33.9. The van der Waals surface area contributed by atoms with Gasteiger partial charge in [-0.1, -0.05) is 243 Å². The molecule has 0 saturated heterocycles. The Hall–Kier alpha value is -15.8. The van der Waals surface area contributed by atoms with E-state index >= 15 is 0 Å². The molecule has 12 aromatic carbocycles. The predicted octanol–water partition coefficient (Wildman–Crippen LogP) is 22.7. The number of carboxylic acid groups (broad SMARTS) is 3. The largest absolute Gasteiger partial charge is 0.493 e. The van der Waals surface area contributed by atoms with Gasteiger partial charge in [0.25, 0.3) is 23.6 Å². The minimum atomic E-state index is -0.961. The van der Waals surface area contributed by atoms with Gasteiger partial charge in [-0.15, -0.1) is 0 Å². The molecule has 4 aliphatic carbocycles. The zero-order valence-corrected chi connectivity index (χ0v) is 85.6. The van der Waals surface area contributed by atoms with Crippen LogP contribution in [-0.2, 0) is 40.1 Å². The highest BCUT2D eigenvalue weighted by Crippen LogP contribution is 2.44. The van der Waals surface area contributed by atoms with Crippen molar-refractivity contribution in [2.24, 2.45) is 11.5 Å². The summed E-state index contributed by atoms with van der Waals surface area (Å²) in [5.41, 5.74) is 24.7. The van der Waals surface area contributed by atoms with Gasteiger partial charge in [0.15, 0.2) is 5.78 Å². The Bertz CT molecular complexity index is 6430. The minimum absolute atomic E-state index is 0.0453. The molecule has 0 bridgehead atoms. The lowest BCUT2D eigenvalue weighted by molar-refractivity contribution is -0.138. The van der Waals surface area contributed by atoms with Crippen LogP contribution in [0.1, 0.15) is 257 Å². The van der Waals surface area contributed by atoms with E-state index in [-0.39, 0.29) is 78.7 Å². The molecule has 0 aliphatic heterocycles. The predicted molar refractivity (Wildman–Crippen MR) is 579 cm³/mol. The van der Waals surface area contributed by atoms with Crippen molar-refractivity contribution >= 4 is 65.0 Å². The van der Waals surface area contributed by atoms with E-state index in [0.717, 1.165) is 139 Å². The lowest BCUT2D eigenvalue weighted by Gasteiger charge is -2.34. The Labute approximate surface area is 878 Å². The third-order valence-corrected chi connectivity index (χ3v) is 26.2. The van der Waals surface area contributed by atoms with E-state index in [9.17, 15) is 52.7 Å². The van der Waals surface area contributed by atoms with Crippen LogP contribution >= 0.6 is 0 Å². The van der Waals surface area contributed by atoms with E-state index in [0.29, 0.717) is 141 Å². The van der Waals surface area contributed by atoms with Gasteiger partial charge in [-0.25, -0.2) is 0 Å². The lowest BCUT2D eigenvalue weighted by atomic mass is 9.98. The number of carbonyl (C=O) groups excluding carboxylic acids is 8. The van der Waals surface area contributed by atoms with Crippen LogP contribution in [0.5, 0.6) is 23.0 Å². The number of Topliss-reactive ketones (excluding diaryl/α,β-unsaturated/α-hetero) is 1. The molecule has 782 valence electrons. The van der Waals surface area contributed by atoms with Crippen LogP contribution in [0.25, 0.3) is 44.5 Å². The Balaban J connectivity index is 0.000000167. The number of aliphatic hydroxyl groups is 1. The summed E-state index contributed by atoms with van der Waals surface area (Å²) < 4.78 is 24.2. The molecule has 26 heteroatoms. The van der Waals surface area contributed by atoms with Gasteiger partial charge >= 0.3 is 17.9 Å². The topological polar surface area (TPSA) is 383 Å². The molecule has 0 radical (unpaired) electrons. The number of aliphatic carboxylic acids is 3. The first-order valence-corrected chi connectivity index (χ1v) is 52.2. The van der Waals surface area contributed by atoms with Crippen LogP contribution in [0.4, 0.5) is 0 Å². The number of rotatable bonds is 52. The first-order chi connectivity index (χ1) is 72.7. The number of ether oxygens (including phenoxy) is 4. The molecule has 0 spiro atoms. The van der Waals surface area contributed by atoms with Gasteiger partial charge in [-0.3, -0.25) is 52.7 Å². The Morgan fingerprint density at radius 3 is 0.840 bits per heavy atom. The minimum Gasteiger partial charge on any atom is -0.493 e. The van der Waals surface area contributed by atoms with Crippen LogP contribution < -0.4 is 35.7 Å². The number of hydrogen-bond donors (Lipinski definition) is 7. The number of aliphatic hydroxyl groups excluding tert-OH is 1. The maximum absolute atomic E-state index is 14.1. The average molecular weight is 2030 g/mol. The number of carbonyl (C=O) groups is 11. The van der Waals surface area contributed by atoms with Crippen molar-refractivity contribution in [2.75, 3.05) is 33.0 Å². The number of nitrogens with two attached hydrogens (primary N) is 2. The van der Waals surface area contributed by atoms with E-state index < -0.39 is 60.0 Å². The molecule has 26 nitrogen and oxygen atoms in total. The molecular formula is C124H137N7O19. The molecular weight excluding hydrogens is 1890 g/mol. The first-order valence-electron chi connectivity index (χ1n) is 52.2. The van der Waals surface area contributed by atoms with Gasteiger partial charge in [-0.2, -0.15) is 0 Å². The number of ketones is 1. The Morgan fingerprint density at radius 2 is 0.553 bits per heavy atom. The number of carboxylic acids is 3. The SMILES string of the molecule is CC(C)(C)NC(=O)C(c1ccccc1OCCCCCC(=O)O)N(C(=O)c1ccc(-c2ccccc2)cc1)C1CC1.NC(=O)C(c1ccccc1OCCCCCC(=O)CO)N(C(=O)c1ccc(-c2ccccc2)cc1)C1CC1.NC(=O)C(c1ccccc1OCCCCCC(=O)O)N(C(=O)c1ccc(-c2ccccc2)cc1)C1CC1.O=C(O)CCCCCOc1ccccc1CN(C(=O)c1ccc(-c2ccccc2)cc1)C1CC1. The van der Waals surface area contributed by atoms with Crippen molar-refractivity contribution in [3.63, 3.8) is 0 Å². The van der Waals surface area contributed by atoms with Crippen LogP contribution in [0.3, 0.4) is 0 Å². The van der Waals surface area contributed by atoms with Crippen molar-refractivity contribution in [1.82, 2.24) is 24.9 Å². The fourth-order valence-corrected chi connectivity index (χ4v) is 17.9. The second-order valence-electron chi connectivity index (χ2n) is 39.3. The summed E-state index contributed by atoms with van der Waals surface area (Å²) in [6, 6.07) is 97.1. The van der Waals surface area contributed by atoms with Gasteiger partial charge in [-0.05, 0) is 266 Å². The number of amides is 7. The molecule has 4 fully saturated rings. The average Bonchev–Trinajstić information content (AvgIpc) is 1.60. The molecule has 0 aromatic heterocycles. The molecule has 16 rings (SSSR count). The number of nitrogens with one attached hydrogen (secondary N) is 1. The number of unbranched alkanes of at least 4 members (excludes halogenated alkanes) is 8. The van der Waals surface area contributed by atoms with Gasteiger partial charge in [0, 0.05) is 106 Å². The summed E-state index contributed by atoms with van der Waals surface area (Å²) in [5, 5.41) is 38.3. The van der Waals surface area contributed by atoms with Crippen molar-refractivity contribution in [1.29, 1.82) is 0 Å². The van der Waals surface area contributed by atoms with Crippen LogP contribution in [-0.4, -0.2) is 168 Å². The number of benzene rings is 12. The summed E-state index contributed by atoms with van der Waals surface area (Å²) in [7, 11) is 0. The second-order valence-corrected chi connectivity index (χ2v) is 39.3. The van der Waals surface area contributed by atoms with E-state index in [4.69, 9.17) is 50.8 Å². The second kappa shape index (κ2) is 56.4. The number of para-hydroxylation sites is 4. The normalized spacial score (nSPS) is 13.4. The summed E-state index contributed by atoms with van der Waals surface area (Å²) in [6.45, 7) is 7.56. The Morgan fingerprint density at radius 1 is 0.300 bits per heavy atom. The van der Waals surface area contributed by atoms with Crippen LogP contribution in [0.2, 0.25) is 0 Å². The molecule has 150 heavy (non-hydrogen) atoms. The fourth-order valence-electron chi connectivity index (χ4n) is 17.9. The van der Waals surface area contributed by atoms with E-state index in [2.05, 4.69) is 17.4 Å². The van der Waals surface area contributed by atoms with Crippen LogP contribution in [0, 0.1) is 0 Å². The monoisotopic (exact) mass is 2030 g/mol. The van der Waals surface area contributed by atoms with E-state index in [1.54, 1.807) is 69.3 Å². The first kappa shape index (κ1) is 111. The molecule has 12 aromatic rings. The highest BCUT2D eigenvalue weighted by molar-refractivity contribution is 6.02. The highest BCUT2D eigenvalue weighted by Gasteiger charge is 2.46. The number of nitrogens with zero attached hydrogens (tertiary/aromatic N) is 4. The van der Waals surface area contributed by atoms with Gasteiger partial charge < -0.3 is 75.8 Å². The summed E-state index contributed by atoms with van der Waals surface area (Å²) in [4.78, 5) is 145. The Kier molecular flexibility index (Phi) is 41.8. The molecule has 3 unspecified atom stereocenters. The molecule has 0 heterocycles. The molecule has 7 amide bonds. The maximum Gasteiger partial charge on any atom is 0.303 e. The van der Waals surface area contributed by atoms with Crippen LogP contribution in [0.15, 0.2) is 315 Å². The molecule has 4 aliphatic rings. The smallest absolute Gasteiger partial charge is 0.303 e. The summed E-state index contributed by atoms with van der Waals surface area (Å²) in [6.07, 6.45) is 16.2. The highest BCUT2D eigenvalue weighted by atomic mass is 16.5. The summed E-state index contributed by atoms with van der Waals surface area (Å²) in [5.74, 6) is -2.27. The quantitative estimate of drug-likeness (QED) is 0.0174. The molecule has 9 N–H and O–H groups in total. The molecule has 3 atom stereocenters. The van der Waals surface area contributed by atoms with E-state index in [1.165, 1.54) is 0 Å². The van der Waals surface area contributed by atoms with Crippen molar-refractivity contribution in [3.8, 4) is 67.5 Å². The maximum atomic E-state index is 14.1. The van der Waals surface area contributed by atoms with Crippen molar-refractivity contribution in [2.45, 2.75) is 229 Å². The third-order valence-electron chi connectivity index (χ3n) is 26.2. The van der Waals surface area contributed by atoms with Crippen molar-refractivity contribution in [3.05, 3.63) is 360 Å². The number of hydrogen-bond acceptors (Lipinski definition) is 16.